The largest absolute Gasteiger partial charge is 0.394 e. The fraction of sp³-hybridized carbons (Fsp3) is 1.00. The predicted octanol–water partition coefficient (Wildman–Crippen LogP) is -8.72. The van der Waals surface area contributed by atoms with Crippen LogP contribution in [0.15, 0.2) is 0 Å². The van der Waals surface area contributed by atoms with Gasteiger partial charge in [0.2, 0.25) is 0 Å². The summed E-state index contributed by atoms with van der Waals surface area (Å²) in [6.07, 6.45) is -34.3. The number of aliphatic hydroxyl groups excluding tert-OH is 13. The van der Waals surface area contributed by atoms with Gasteiger partial charge in [-0.2, -0.15) is 0 Å². The molecule has 44 heavy (non-hydrogen) atoms. The molecule has 20 atom stereocenters. The van der Waals surface area contributed by atoms with Crippen LogP contribution in [0.3, 0.4) is 0 Å². The lowest BCUT2D eigenvalue weighted by atomic mass is 9.95. The maximum absolute atomic E-state index is 11.1. The Hall–Kier alpha value is -0.800. The summed E-state index contributed by atoms with van der Waals surface area (Å²) >= 11 is 0. The maximum atomic E-state index is 11.1. The van der Waals surface area contributed by atoms with Crippen molar-refractivity contribution in [1.29, 1.82) is 0 Å². The van der Waals surface area contributed by atoms with Gasteiger partial charge < -0.3 is 99.5 Å². The summed E-state index contributed by atoms with van der Waals surface area (Å²) in [7, 11) is 0. The Labute approximate surface area is 249 Å². The summed E-state index contributed by atoms with van der Waals surface area (Å²) < 4.78 is 38.0. The summed E-state index contributed by atoms with van der Waals surface area (Å²) in [6.45, 7) is -1.17. The highest BCUT2D eigenvalue weighted by Crippen LogP contribution is 2.34. The molecular formula is C24H42O20. The first-order valence-corrected chi connectivity index (χ1v) is 14.0. The van der Waals surface area contributed by atoms with E-state index < -0.39 is 143 Å². The van der Waals surface area contributed by atoms with Crippen LogP contribution in [0.1, 0.15) is 6.92 Å². The van der Waals surface area contributed by atoms with E-state index in [-0.39, 0.29) is 0 Å². The Bertz CT molecular complexity index is 900. The summed E-state index contributed by atoms with van der Waals surface area (Å²) in [5.41, 5.74) is 0. The van der Waals surface area contributed by atoms with Crippen LogP contribution < -0.4 is 0 Å². The summed E-state index contributed by atoms with van der Waals surface area (Å²) in [4.78, 5) is 0. The Morgan fingerprint density at radius 2 is 0.864 bits per heavy atom. The van der Waals surface area contributed by atoms with Crippen molar-refractivity contribution in [3.8, 4) is 0 Å². The normalized spacial score (nSPS) is 53.9. The minimum atomic E-state index is -2.00. The van der Waals surface area contributed by atoms with Crippen molar-refractivity contribution in [3.63, 3.8) is 0 Å². The van der Waals surface area contributed by atoms with Crippen LogP contribution in [0.25, 0.3) is 0 Å². The smallest absolute Gasteiger partial charge is 0.187 e. The van der Waals surface area contributed by atoms with E-state index in [1.807, 2.05) is 0 Å². The summed E-state index contributed by atoms with van der Waals surface area (Å²) in [5.74, 6) is 0. The lowest BCUT2D eigenvalue weighted by Crippen LogP contribution is -2.67. The molecule has 4 aliphatic rings. The molecule has 4 saturated heterocycles. The fourth-order valence-electron chi connectivity index (χ4n) is 5.47. The van der Waals surface area contributed by atoms with Crippen LogP contribution in [0, 0.1) is 0 Å². The molecule has 0 bridgehead atoms. The van der Waals surface area contributed by atoms with Gasteiger partial charge in [0.25, 0.3) is 0 Å². The van der Waals surface area contributed by atoms with Crippen molar-refractivity contribution < 1.29 is 99.5 Å². The van der Waals surface area contributed by atoms with Gasteiger partial charge in [-0.05, 0) is 6.92 Å². The van der Waals surface area contributed by atoms with Gasteiger partial charge in [-0.1, -0.05) is 0 Å². The molecule has 0 aromatic carbocycles. The van der Waals surface area contributed by atoms with Crippen molar-refractivity contribution in [2.45, 2.75) is 130 Å². The second-order valence-electron chi connectivity index (χ2n) is 11.1. The van der Waals surface area contributed by atoms with Crippen molar-refractivity contribution in [2.24, 2.45) is 0 Å². The van der Waals surface area contributed by atoms with E-state index in [0.717, 1.165) is 0 Å². The minimum absolute atomic E-state index is 0.798. The molecule has 4 fully saturated rings. The average molecular weight is 651 g/mol. The van der Waals surface area contributed by atoms with E-state index in [1.165, 1.54) is 6.92 Å². The van der Waals surface area contributed by atoms with Crippen LogP contribution in [0.4, 0.5) is 0 Å². The van der Waals surface area contributed by atoms with Gasteiger partial charge in [0.05, 0.1) is 25.9 Å². The number of hydrogen-bond acceptors (Lipinski definition) is 20. The van der Waals surface area contributed by atoms with Crippen molar-refractivity contribution in [3.05, 3.63) is 0 Å². The zero-order valence-corrected chi connectivity index (χ0v) is 23.3. The van der Waals surface area contributed by atoms with E-state index in [0.29, 0.717) is 0 Å². The molecule has 258 valence electrons. The molecule has 13 N–H and O–H groups in total. The molecule has 0 spiro atoms. The topological polar surface area (TPSA) is 328 Å². The van der Waals surface area contributed by atoms with Crippen molar-refractivity contribution >= 4 is 0 Å². The van der Waals surface area contributed by atoms with Crippen LogP contribution in [-0.4, -0.2) is 209 Å². The third-order valence-corrected chi connectivity index (χ3v) is 8.17. The summed E-state index contributed by atoms with van der Waals surface area (Å²) in [6, 6.07) is 0. The van der Waals surface area contributed by atoms with E-state index in [9.17, 15) is 66.4 Å². The highest BCUT2D eigenvalue weighted by molar-refractivity contribution is 4.97. The van der Waals surface area contributed by atoms with Crippen LogP contribution in [0.2, 0.25) is 0 Å². The Kier molecular flexibility index (Phi) is 12.3. The number of ether oxygens (including phenoxy) is 7. The minimum Gasteiger partial charge on any atom is -0.394 e. The van der Waals surface area contributed by atoms with Crippen molar-refractivity contribution in [2.75, 3.05) is 19.8 Å². The molecule has 20 nitrogen and oxygen atoms in total. The number of rotatable bonds is 9. The monoisotopic (exact) mass is 650 g/mol. The maximum Gasteiger partial charge on any atom is 0.187 e. The van der Waals surface area contributed by atoms with Gasteiger partial charge in [-0.15, -0.1) is 0 Å². The van der Waals surface area contributed by atoms with Crippen LogP contribution >= 0.6 is 0 Å². The fourth-order valence-corrected chi connectivity index (χ4v) is 5.47. The molecule has 4 rings (SSSR count). The highest BCUT2D eigenvalue weighted by Gasteiger charge is 2.55. The molecule has 0 aromatic heterocycles. The number of aliphatic hydroxyl groups is 13. The standard InChI is InChI=1S/C24H42O20/c1-5-9(28)12(31)14(33)22(38-5)44-20-16(35)18(8(4-27)39-21(20)37)42-24-17(36)19(11(30)7(3-26)41-24)43-23-15(34)13(32)10(29)6(2-25)40-23/h5-37H,2-4H2,1H3/t5-,6+,7+,8+,9-,10+,11+,12+,13-,14+,15+,16-,17+,18+,19-,20+,21?,22-,23-,24-/m0/s1. The Morgan fingerprint density at radius 3 is 1.43 bits per heavy atom. The molecular weight excluding hydrogens is 608 g/mol. The molecule has 4 aliphatic heterocycles. The van der Waals surface area contributed by atoms with Gasteiger partial charge in [-0.3, -0.25) is 0 Å². The second kappa shape index (κ2) is 15.0. The lowest BCUT2D eigenvalue weighted by Gasteiger charge is -2.49. The molecule has 0 radical (unpaired) electrons. The number of hydrogen-bond donors (Lipinski definition) is 13. The SMILES string of the molecule is C[C@@H]1O[C@@H](O[C@H]2C(O)O[C@H](CO)[C@@H](O[C@@H]3O[C@H](CO)[C@@H](O)[C@H](O[C@@H]4O[C@H](CO)[C@@H](O)[C@H](O)[C@H]4O)[C@H]3O)[C@@H]2O)[C@H](O)[C@H](O)[C@H]1O. The van der Waals surface area contributed by atoms with Crippen molar-refractivity contribution in [1.82, 2.24) is 0 Å². The molecule has 0 aliphatic carbocycles. The Morgan fingerprint density at radius 1 is 0.409 bits per heavy atom. The van der Waals surface area contributed by atoms with Gasteiger partial charge >= 0.3 is 0 Å². The van der Waals surface area contributed by atoms with Crippen LogP contribution in [0.5, 0.6) is 0 Å². The highest BCUT2D eigenvalue weighted by atomic mass is 16.8. The Balaban J connectivity index is 1.51. The first-order valence-electron chi connectivity index (χ1n) is 14.0. The van der Waals surface area contributed by atoms with E-state index in [1.54, 1.807) is 0 Å². The van der Waals surface area contributed by atoms with Gasteiger partial charge in [0, 0.05) is 0 Å². The van der Waals surface area contributed by atoms with Gasteiger partial charge in [0.15, 0.2) is 25.2 Å². The zero-order valence-electron chi connectivity index (χ0n) is 23.3. The van der Waals surface area contributed by atoms with Gasteiger partial charge in [0.1, 0.15) is 91.6 Å². The molecule has 0 amide bonds. The molecule has 0 saturated carbocycles. The average Bonchev–Trinajstić information content (AvgIpc) is 3.00. The zero-order chi connectivity index (χ0) is 32.6. The molecule has 0 aromatic rings. The summed E-state index contributed by atoms with van der Waals surface area (Å²) in [5, 5.41) is 133. The quantitative estimate of drug-likeness (QED) is 0.110. The molecule has 20 heteroatoms. The first-order chi connectivity index (χ1) is 20.7. The van der Waals surface area contributed by atoms with E-state index in [2.05, 4.69) is 0 Å². The third-order valence-electron chi connectivity index (χ3n) is 8.17. The molecule has 4 heterocycles. The predicted molar refractivity (Wildman–Crippen MR) is 132 cm³/mol. The molecule has 1 unspecified atom stereocenters. The van der Waals surface area contributed by atoms with E-state index >= 15 is 0 Å². The third kappa shape index (κ3) is 7.05. The first kappa shape index (κ1) is 36.0. The second-order valence-corrected chi connectivity index (χ2v) is 11.1. The lowest BCUT2D eigenvalue weighted by molar-refractivity contribution is -0.390. The van der Waals surface area contributed by atoms with E-state index in [4.69, 9.17) is 33.2 Å². The van der Waals surface area contributed by atoms with Crippen LogP contribution in [-0.2, 0) is 33.2 Å². The van der Waals surface area contributed by atoms with Gasteiger partial charge in [-0.25, -0.2) is 0 Å².